The Morgan fingerprint density at radius 1 is 1.21 bits per heavy atom. The molecule has 0 bridgehead atoms. The van der Waals surface area contributed by atoms with E-state index in [0.29, 0.717) is 25.1 Å². The number of nitrogens with one attached hydrogen (secondary N) is 1. The van der Waals surface area contributed by atoms with Crippen molar-refractivity contribution in [1.82, 2.24) is 15.1 Å². The van der Waals surface area contributed by atoms with Gasteiger partial charge in [0.05, 0.1) is 18.3 Å². The van der Waals surface area contributed by atoms with Crippen LogP contribution in [0, 0.1) is 0 Å². The minimum absolute atomic E-state index is 0.100. The van der Waals surface area contributed by atoms with Crippen LogP contribution in [0.5, 0.6) is 0 Å². The number of hydrogen-bond donors (Lipinski definition) is 1. The Labute approximate surface area is 143 Å². The highest BCUT2D eigenvalue weighted by atomic mass is 32.2. The van der Waals surface area contributed by atoms with E-state index >= 15 is 0 Å². The van der Waals surface area contributed by atoms with Gasteiger partial charge in [-0.15, -0.1) is 0 Å². The highest BCUT2D eigenvalue weighted by Crippen LogP contribution is 2.26. The molecule has 4 amide bonds. The monoisotopic (exact) mass is 347 g/mol. The molecule has 0 aliphatic carbocycles. The summed E-state index contributed by atoms with van der Waals surface area (Å²) in [6.07, 6.45) is 0.580. The fourth-order valence-corrected chi connectivity index (χ4v) is 3.63. The van der Waals surface area contributed by atoms with Gasteiger partial charge in [0.2, 0.25) is 11.8 Å². The van der Waals surface area contributed by atoms with Gasteiger partial charge >= 0.3 is 0 Å². The summed E-state index contributed by atoms with van der Waals surface area (Å²) in [4.78, 5) is 50.5. The van der Waals surface area contributed by atoms with E-state index < -0.39 is 0 Å². The van der Waals surface area contributed by atoms with Crippen molar-refractivity contribution in [3.05, 3.63) is 35.9 Å². The highest BCUT2D eigenvalue weighted by Gasteiger charge is 2.40. The van der Waals surface area contributed by atoms with E-state index in [2.05, 4.69) is 5.32 Å². The van der Waals surface area contributed by atoms with E-state index in [9.17, 15) is 19.2 Å². The molecule has 3 rings (SSSR count). The minimum atomic E-state index is -0.305. The van der Waals surface area contributed by atoms with E-state index in [1.807, 2.05) is 6.07 Å². The number of thioether (sulfide) groups is 1. The summed E-state index contributed by atoms with van der Waals surface area (Å²) < 4.78 is 0. The first-order chi connectivity index (χ1) is 11.6. The van der Waals surface area contributed by atoms with Crippen molar-refractivity contribution >= 4 is 34.7 Å². The predicted octanol–water partition coefficient (Wildman–Crippen LogP) is 0.713. The van der Waals surface area contributed by atoms with Crippen LogP contribution in [0.25, 0.3) is 0 Å². The third kappa shape index (κ3) is 3.43. The third-order valence-corrected chi connectivity index (χ3v) is 4.94. The van der Waals surface area contributed by atoms with Gasteiger partial charge in [-0.3, -0.25) is 24.1 Å². The number of amides is 4. The predicted molar refractivity (Wildman–Crippen MR) is 88.5 cm³/mol. The lowest BCUT2D eigenvalue weighted by atomic mass is 10.2. The molecule has 2 aliphatic rings. The lowest BCUT2D eigenvalue weighted by Gasteiger charge is -2.22. The number of hydrogen-bond acceptors (Lipinski definition) is 5. The summed E-state index contributed by atoms with van der Waals surface area (Å²) in [6.45, 7) is 0.710. The highest BCUT2D eigenvalue weighted by molar-refractivity contribution is 8.14. The van der Waals surface area contributed by atoms with Crippen LogP contribution in [-0.4, -0.2) is 64.2 Å². The van der Waals surface area contributed by atoms with Gasteiger partial charge in [-0.25, -0.2) is 0 Å². The first-order valence-electron chi connectivity index (χ1n) is 7.66. The van der Waals surface area contributed by atoms with Crippen LogP contribution in [0.3, 0.4) is 0 Å². The largest absolute Gasteiger partial charge is 0.343 e. The fraction of sp³-hybridized carbons (Fsp3) is 0.375. The smallest absolute Gasteiger partial charge is 0.289 e. The van der Waals surface area contributed by atoms with Crippen molar-refractivity contribution in [2.24, 2.45) is 0 Å². The van der Waals surface area contributed by atoms with Crippen LogP contribution in [0.2, 0.25) is 0 Å². The maximum Gasteiger partial charge on any atom is 0.289 e. The zero-order valence-electron chi connectivity index (χ0n) is 12.9. The summed E-state index contributed by atoms with van der Waals surface area (Å²) >= 11 is 0.999. The number of imide groups is 1. The Bertz CT molecular complexity index is 663. The number of rotatable bonds is 4. The third-order valence-electron chi connectivity index (χ3n) is 4.10. The Balaban J connectivity index is 1.51. The zero-order chi connectivity index (χ0) is 17.1. The van der Waals surface area contributed by atoms with Crippen LogP contribution in [0.4, 0.5) is 4.79 Å². The number of benzene rings is 1. The molecular formula is C16H17N3O4S. The van der Waals surface area contributed by atoms with E-state index in [-0.39, 0.29) is 41.3 Å². The molecule has 1 aromatic rings. The maximum atomic E-state index is 12.2. The van der Waals surface area contributed by atoms with Gasteiger partial charge in [0.25, 0.3) is 11.1 Å². The van der Waals surface area contributed by atoms with Crippen LogP contribution < -0.4 is 5.32 Å². The second-order valence-corrected chi connectivity index (χ2v) is 6.58. The molecule has 1 N–H and O–H groups in total. The standard InChI is InChI=1S/C16H17N3O4S/c20-13(8-17-15(22)11-4-2-1-3-5-11)18-7-6-12(9-18)19-14(21)10-24-16(19)23/h1-5,12H,6-10H2,(H,17,22). The average molecular weight is 347 g/mol. The van der Waals surface area contributed by atoms with Crippen molar-refractivity contribution in [2.75, 3.05) is 25.4 Å². The van der Waals surface area contributed by atoms with Gasteiger partial charge in [0.15, 0.2) is 0 Å². The van der Waals surface area contributed by atoms with Crippen molar-refractivity contribution in [3.8, 4) is 0 Å². The normalized spacial score (nSPS) is 20.6. The van der Waals surface area contributed by atoms with Crippen molar-refractivity contribution in [1.29, 1.82) is 0 Å². The Morgan fingerprint density at radius 3 is 2.62 bits per heavy atom. The van der Waals surface area contributed by atoms with Gasteiger partial charge in [-0.05, 0) is 18.6 Å². The van der Waals surface area contributed by atoms with Gasteiger partial charge in [-0.1, -0.05) is 30.0 Å². The van der Waals surface area contributed by atoms with E-state index in [4.69, 9.17) is 0 Å². The average Bonchev–Trinajstić information content (AvgIpc) is 3.20. The van der Waals surface area contributed by atoms with Gasteiger partial charge < -0.3 is 10.2 Å². The maximum absolute atomic E-state index is 12.2. The number of carbonyl (C=O) groups is 4. The first kappa shape index (κ1) is 16.5. The molecule has 126 valence electrons. The molecule has 2 fully saturated rings. The Kier molecular flexibility index (Phi) is 4.84. The fourth-order valence-electron chi connectivity index (χ4n) is 2.86. The second kappa shape index (κ2) is 7.04. The van der Waals surface area contributed by atoms with E-state index in [0.717, 1.165) is 11.8 Å². The van der Waals surface area contributed by atoms with Gasteiger partial charge in [-0.2, -0.15) is 0 Å². The molecule has 1 aromatic carbocycles. The van der Waals surface area contributed by atoms with Gasteiger partial charge in [0.1, 0.15) is 0 Å². The first-order valence-corrected chi connectivity index (χ1v) is 8.64. The molecule has 8 heteroatoms. The molecule has 1 unspecified atom stereocenters. The molecule has 2 aliphatic heterocycles. The molecule has 1 atom stereocenters. The number of carbonyl (C=O) groups excluding carboxylic acids is 4. The molecule has 0 spiro atoms. The van der Waals surface area contributed by atoms with Crippen LogP contribution in [0.1, 0.15) is 16.8 Å². The SMILES string of the molecule is O=C(NCC(=O)N1CCC(N2C(=O)CSC2=O)C1)c1ccccc1. The lowest BCUT2D eigenvalue weighted by Crippen LogP contribution is -2.43. The molecule has 0 aromatic heterocycles. The van der Waals surface area contributed by atoms with Crippen LogP contribution in [0.15, 0.2) is 30.3 Å². The summed E-state index contributed by atoms with van der Waals surface area (Å²) in [5.41, 5.74) is 0.495. The van der Waals surface area contributed by atoms with Gasteiger partial charge in [0, 0.05) is 18.7 Å². The molecule has 2 saturated heterocycles. The lowest BCUT2D eigenvalue weighted by molar-refractivity contribution is -0.130. The second-order valence-electron chi connectivity index (χ2n) is 5.65. The van der Waals surface area contributed by atoms with Crippen molar-refractivity contribution in [2.45, 2.75) is 12.5 Å². The molecule has 7 nitrogen and oxygen atoms in total. The number of nitrogens with zero attached hydrogens (tertiary/aromatic N) is 2. The van der Waals surface area contributed by atoms with Crippen molar-refractivity contribution in [3.63, 3.8) is 0 Å². The summed E-state index contributed by atoms with van der Waals surface area (Å²) in [5, 5.41) is 2.36. The molecule has 0 saturated carbocycles. The summed E-state index contributed by atoms with van der Waals surface area (Å²) in [6, 6.07) is 8.41. The topological polar surface area (TPSA) is 86.8 Å². The quantitative estimate of drug-likeness (QED) is 0.867. The van der Waals surface area contributed by atoms with E-state index in [1.165, 1.54) is 4.90 Å². The molecular weight excluding hydrogens is 330 g/mol. The van der Waals surface area contributed by atoms with Crippen LogP contribution >= 0.6 is 11.8 Å². The Hall–Kier alpha value is -2.35. The summed E-state index contributed by atoms with van der Waals surface area (Å²) in [5.74, 6) is -0.535. The van der Waals surface area contributed by atoms with E-state index in [1.54, 1.807) is 29.2 Å². The molecule has 0 radical (unpaired) electrons. The minimum Gasteiger partial charge on any atom is -0.343 e. The Morgan fingerprint density at radius 2 is 1.96 bits per heavy atom. The zero-order valence-corrected chi connectivity index (χ0v) is 13.8. The molecule has 2 heterocycles. The molecule has 24 heavy (non-hydrogen) atoms. The number of likely N-dealkylation sites (tertiary alicyclic amines) is 1. The summed E-state index contributed by atoms with van der Waals surface area (Å²) in [7, 11) is 0. The van der Waals surface area contributed by atoms with Crippen molar-refractivity contribution < 1.29 is 19.2 Å². The van der Waals surface area contributed by atoms with Crippen LogP contribution in [-0.2, 0) is 9.59 Å².